The largest absolute Gasteiger partial charge is 0.310 e. The van der Waals surface area contributed by atoms with Gasteiger partial charge in [0, 0.05) is 6.04 Å². The molecule has 0 heterocycles. The minimum Gasteiger partial charge on any atom is -0.310 e. The van der Waals surface area contributed by atoms with Crippen LogP contribution in [0, 0.1) is 5.92 Å². The number of hydrogen-bond donors (Lipinski definition) is 1. The average molecular weight is 259 g/mol. The van der Waals surface area contributed by atoms with E-state index in [4.69, 9.17) is 0 Å². The van der Waals surface area contributed by atoms with Crippen LogP contribution in [0.25, 0.3) is 0 Å². The van der Waals surface area contributed by atoms with Crippen molar-refractivity contribution in [3.63, 3.8) is 0 Å². The molecule has 106 valence electrons. The highest BCUT2D eigenvalue weighted by atomic mass is 14.9. The highest BCUT2D eigenvalue weighted by molar-refractivity contribution is 5.30. The Morgan fingerprint density at radius 2 is 1.84 bits per heavy atom. The lowest BCUT2D eigenvalue weighted by Gasteiger charge is -2.32. The smallest absolute Gasteiger partial charge is 0.0351 e. The van der Waals surface area contributed by atoms with Crippen molar-refractivity contribution in [1.82, 2.24) is 5.32 Å². The van der Waals surface area contributed by atoms with Crippen molar-refractivity contribution in [2.45, 2.75) is 64.8 Å². The molecule has 0 radical (unpaired) electrons. The van der Waals surface area contributed by atoms with Gasteiger partial charge in [-0.05, 0) is 49.3 Å². The highest BCUT2D eigenvalue weighted by Crippen LogP contribution is 2.35. The summed E-state index contributed by atoms with van der Waals surface area (Å²) in [5.41, 5.74) is 3.09. The highest BCUT2D eigenvalue weighted by Gasteiger charge is 2.25. The molecule has 1 aliphatic carbocycles. The molecule has 1 aromatic rings. The van der Waals surface area contributed by atoms with Crippen molar-refractivity contribution in [3.05, 3.63) is 35.4 Å². The monoisotopic (exact) mass is 259 g/mol. The van der Waals surface area contributed by atoms with Gasteiger partial charge in [-0.25, -0.2) is 0 Å². The molecule has 0 aliphatic heterocycles. The first-order chi connectivity index (χ1) is 9.36. The zero-order chi connectivity index (χ0) is 13.5. The number of aryl methyl sites for hydroxylation is 1. The van der Waals surface area contributed by atoms with Gasteiger partial charge in [-0.15, -0.1) is 0 Å². The first-order valence-corrected chi connectivity index (χ1v) is 8.18. The van der Waals surface area contributed by atoms with E-state index in [-0.39, 0.29) is 0 Å². The number of nitrogens with one attached hydrogen (secondary N) is 1. The third kappa shape index (κ3) is 3.82. The minimum absolute atomic E-state index is 0.580. The molecule has 2 rings (SSSR count). The number of rotatable bonds is 6. The summed E-state index contributed by atoms with van der Waals surface area (Å²) in [6, 6.07) is 9.62. The van der Waals surface area contributed by atoms with Crippen LogP contribution in [0.1, 0.15) is 69.5 Å². The lowest BCUT2D eigenvalue weighted by atomic mass is 9.79. The Balaban J connectivity index is 2.19. The molecule has 0 saturated heterocycles. The maximum atomic E-state index is 3.83. The van der Waals surface area contributed by atoms with E-state index in [1.807, 2.05) is 0 Å². The SMILES string of the molecule is CCCNC(c1ccccc1CC)C1CCCCC1. The van der Waals surface area contributed by atoms with Crippen LogP contribution >= 0.6 is 0 Å². The van der Waals surface area contributed by atoms with Gasteiger partial charge >= 0.3 is 0 Å². The van der Waals surface area contributed by atoms with E-state index in [0.717, 1.165) is 18.9 Å². The Morgan fingerprint density at radius 3 is 2.53 bits per heavy atom. The van der Waals surface area contributed by atoms with Crippen LogP contribution in [0.5, 0.6) is 0 Å². The molecule has 1 nitrogen and oxygen atoms in total. The molecule has 1 fully saturated rings. The quantitative estimate of drug-likeness (QED) is 0.768. The standard InChI is InChI=1S/C18H29N/c1-3-14-19-18(16-11-6-5-7-12-16)17-13-9-8-10-15(17)4-2/h8-10,13,16,18-19H,3-7,11-12,14H2,1-2H3. The van der Waals surface area contributed by atoms with Gasteiger partial charge in [-0.3, -0.25) is 0 Å². The van der Waals surface area contributed by atoms with Crippen molar-refractivity contribution < 1.29 is 0 Å². The van der Waals surface area contributed by atoms with E-state index in [1.165, 1.54) is 44.1 Å². The first kappa shape index (κ1) is 14.6. The Labute approximate surface area is 118 Å². The fourth-order valence-corrected chi connectivity index (χ4v) is 3.46. The van der Waals surface area contributed by atoms with E-state index < -0.39 is 0 Å². The summed E-state index contributed by atoms with van der Waals surface area (Å²) in [6.45, 7) is 5.67. The van der Waals surface area contributed by atoms with Crippen LogP contribution in [0.4, 0.5) is 0 Å². The fourth-order valence-electron chi connectivity index (χ4n) is 3.46. The molecule has 1 N–H and O–H groups in total. The third-order valence-electron chi connectivity index (χ3n) is 4.51. The van der Waals surface area contributed by atoms with Crippen molar-refractivity contribution in [3.8, 4) is 0 Å². The normalized spacial score (nSPS) is 18.4. The van der Waals surface area contributed by atoms with Crippen LogP contribution in [-0.2, 0) is 6.42 Å². The Hall–Kier alpha value is -0.820. The second-order valence-corrected chi connectivity index (χ2v) is 5.88. The second-order valence-electron chi connectivity index (χ2n) is 5.88. The van der Waals surface area contributed by atoms with Gasteiger partial charge in [-0.2, -0.15) is 0 Å². The van der Waals surface area contributed by atoms with Crippen molar-refractivity contribution in [2.75, 3.05) is 6.54 Å². The molecule has 0 bridgehead atoms. The average Bonchev–Trinajstić information content (AvgIpc) is 2.49. The number of hydrogen-bond acceptors (Lipinski definition) is 1. The predicted molar refractivity (Wildman–Crippen MR) is 83.4 cm³/mol. The summed E-state index contributed by atoms with van der Waals surface area (Å²) in [5.74, 6) is 0.841. The summed E-state index contributed by atoms with van der Waals surface area (Å²) in [6.07, 6.45) is 9.45. The molecule has 0 spiro atoms. The molecule has 1 heteroatoms. The molecule has 0 amide bonds. The van der Waals surface area contributed by atoms with Gasteiger partial charge in [0.2, 0.25) is 0 Å². The Morgan fingerprint density at radius 1 is 1.11 bits per heavy atom. The summed E-state index contributed by atoms with van der Waals surface area (Å²) < 4.78 is 0. The van der Waals surface area contributed by atoms with Crippen LogP contribution in [0.3, 0.4) is 0 Å². The second kappa shape index (κ2) is 7.69. The van der Waals surface area contributed by atoms with E-state index in [2.05, 4.69) is 43.4 Å². The molecular formula is C18H29N. The zero-order valence-electron chi connectivity index (χ0n) is 12.6. The zero-order valence-corrected chi connectivity index (χ0v) is 12.6. The predicted octanol–water partition coefficient (Wildman–Crippen LogP) is 4.87. The van der Waals surface area contributed by atoms with Crippen molar-refractivity contribution in [1.29, 1.82) is 0 Å². The van der Waals surface area contributed by atoms with E-state index >= 15 is 0 Å². The molecule has 1 unspecified atom stereocenters. The van der Waals surface area contributed by atoms with E-state index in [0.29, 0.717) is 6.04 Å². The van der Waals surface area contributed by atoms with Crippen LogP contribution < -0.4 is 5.32 Å². The fraction of sp³-hybridized carbons (Fsp3) is 0.667. The molecule has 1 aromatic carbocycles. The van der Waals surface area contributed by atoms with Gasteiger partial charge in [0.05, 0.1) is 0 Å². The van der Waals surface area contributed by atoms with E-state index in [9.17, 15) is 0 Å². The molecule has 19 heavy (non-hydrogen) atoms. The van der Waals surface area contributed by atoms with Crippen LogP contribution in [-0.4, -0.2) is 6.54 Å². The summed E-state index contributed by atoms with van der Waals surface area (Å²) in [4.78, 5) is 0. The van der Waals surface area contributed by atoms with Gasteiger partial charge in [0.25, 0.3) is 0 Å². The number of benzene rings is 1. The molecule has 0 aromatic heterocycles. The van der Waals surface area contributed by atoms with Gasteiger partial charge in [-0.1, -0.05) is 57.4 Å². The van der Waals surface area contributed by atoms with Crippen molar-refractivity contribution in [2.24, 2.45) is 5.92 Å². The van der Waals surface area contributed by atoms with Crippen LogP contribution in [0.2, 0.25) is 0 Å². The lowest BCUT2D eigenvalue weighted by molar-refractivity contribution is 0.271. The molecular weight excluding hydrogens is 230 g/mol. The van der Waals surface area contributed by atoms with Gasteiger partial charge < -0.3 is 5.32 Å². The van der Waals surface area contributed by atoms with Crippen molar-refractivity contribution >= 4 is 0 Å². The molecule has 1 aliphatic rings. The Bertz CT molecular complexity index is 366. The first-order valence-electron chi connectivity index (χ1n) is 8.18. The maximum absolute atomic E-state index is 3.83. The van der Waals surface area contributed by atoms with Gasteiger partial charge in [0.1, 0.15) is 0 Å². The third-order valence-corrected chi connectivity index (χ3v) is 4.51. The van der Waals surface area contributed by atoms with E-state index in [1.54, 1.807) is 5.56 Å². The topological polar surface area (TPSA) is 12.0 Å². The van der Waals surface area contributed by atoms with Gasteiger partial charge in [0.15, 0.2) is 0 Å². The molecule has 1 saturated carbocycles. The van der Waals surface area contributed by atoms with Crippen LogP contribution in [0.15, 0.2) is 24.3 Å². The molecule has 1 atom stereocenters. The summed E-state index contributed by atoms with van der Waals surface area (Å²) in [7, 11) is 0. The summed E-state index contributed by atoms with van der Waals surface area (Å²) >= 11 is 0. The Kier molecular flexibility index (Phi) is 5.91. The lowest BCUT2D eigenvalue weighted by Crippen LogP contribution is -2.31. The maximum Gasteiger partial charge on any atom is 0.0351 e. The summed E-state index contributed by atoms with van der Waals surface area (Å²) in [5, 5.41) is 3.83. The minimum atomic E-state index is 0.580.